The number of carbonyl (C=O) groups excluding carboxylic acids is 1. The first-order valence-electron chi connectivity index (χ1n) is 5.67. The minimum absolute atomic E-state index is 0.269. The molecule has 1 rings (SSSR count). The summed E-state index contributed by atoms with van der Waals surface area (Å²) in [6.45, 7) is 5.08. The second kappa shape index (κ2) is 5.93. The first-order valence-corrected chi connectivity index (χ1v) is 6.05. The van der Waals surface area contributed by atoms with E-state index in [2.05, 4.69) is 5.32 Å². The van der Waals surface area contributed by atoms with Crippen molar-refractivity contribution in [2.24, 2.45) is 0 Å². The Labute approximate surface area is 116 Å². The molecule has 0 unspecified atom stereocenters. The number of alkyl carbamates (subject to hydrolysis) is 1. The van der Waals surface area contributed by atoms with Crippen LogP contribution in [0.3, 0.4) is 0 Å². The van der Waals surface area contributed by atoms with Crippen molar-refractivity contribution in [2.75, 3.05) is 0 Å². The van der Waals surface area contributed by atoms with Crippen LogP contribution in [0.15, 0.2) is 24.3 Å². The van der Waals surface area contributed by atoms with Gasteiger partial charge in [-0.15, -0.1) is 0 Å². The number of carboxylic acids is 1. The molecular formula is C13H16ClNO4. The fourth-order valence-corrected chi connectivity index (χ4v) is 1.65. The summed E-state index contributed by atoms with van der Waals surface area (Å²) < 4.78 is 5.02. The van der Waals surface area contributed by atoms with E-state index in [4.69, 9.17) is 21.4 Å². The second-order valence-electron chi connectivity index (χ2n) is 4.94. The zero-order valence-electron chi connectivity index (χ0n) is 10.9. The van der Waals surface area contributed by atoms with E-state index < -0.39 is 23.7 Å². The summed E-state index contributed by atoms with van der Waals surface area (Å²) in [6.07, 6.45) is -0.806. The topological polar surface area (TPSA) is 75.6 Å². The largest absolute Gasteiger partial charge is 0.479 e. The average molecular weight is 286 g/mol. The Balaban J connectivity index is 2.89. The molecule has 19 heavy (non-hydrogen) atoms. The van der Waals surface area contributed by atoms with Gasteiger partial charge in [0.05, 0.1) is 0 Å². The molecule has 0 saturated carbocycles. The van der Waals surface area contributed by atoms with Crippen LogP contribution >= 0.6 is 11.6 Å². The maximum atomic E-state index is 11.6. The molecule has 0 bridgehead atoms. The van der Waals surface area contributed by atoms with Gasteiger partial charge in [0, 0.05) is 10.6 Å². The molecule has 0 aliphatic carbocycles. The second-order valence-corrected chi connectivity index (χ2v) is 5.35. The van der Waals surface area contributed by atoms with Crippen LogP contribution in [0.5, 0.6) is 0 Å². The van der Waals surface area contributed by atoms with Gasteiger partial charge in [-0.05, 0) is 26.8 Å². The maximum absolute atomic E-state index is 11.6. The Kier molecular flexibility index (Phi) is 4.78. The van der Waals surface area contributed by atoms with Crippen LogP contribution in [0.1, 0.15) is 32.4 Å². The lowest BCUT2D eigenvalue weighted by molar-refractivity contribution is -0.139. The van der Waals surface area contributed by atoms with E-state index in [0.717, 1.165) is 0 Å². The maximum Gasteiger partial charge on any atom is 0.408 e. The molecule has 6 heteroatoms. The zero-order chi connectivity index (χ0) is 14.6. The van der Waals surface area contributed by atoms with Crippen LogP contribution in [-0.4, -0.2) is 22.8 Å². The molecule has 0 saturated heterocycles. The van der Waals surface area contributed by atoms with Crippen LogP contribution in [0.2, 0.25) is 5.02 Å². The normalized spacial score (nSPS) is 12.6. The molecule has 2 N–H and O–H groups in total. The van der Waals surface area contributed by atoms with E-state index in [9.17, 15) is 9.59 Å². The number of amides is 1. The number of nitrogens with one attached hydrogen (secondary N) is 1. The minimum atomic E-state index is -1.25. The van der Waals surface area contributed by atoms with Crippen LogP contribution in [0.4, 0.5) is 4.79 Å². The van der Waals surface area contributed by atoms with Gasteiger partial charge in [0.2, 0.25) is 0 Å². The van der Waals surface area contributed by atoms with Crippen LogP contribution in [-0.2, 0) is 9.53 Å². The number of hydrogen-bond acceptors (Lipinski definition) is 3. The van der Waals surface area contributed by atoms with E-state index in [1.165, 1.54) is 0 Å². The third kappa shape index (κ3) is 4.79. The van der Waals surface area contributed by atoms with Gasteiger partial charge in [-0.2, -0.15) is 0 Å². The van der Waals surface area contributed by atoms with Crippen molar-refractivity contribution < 1.29 is 19.4 Å². The standard InChI is InChI=1S/C13H16ClNO4/c1-13(2,3)19-12(18)15-10(11(16)17)8-6-4-5-7-9(8)14/h4-7,10H,1-3H3,(H,15,18)(H,16,17)/t10-/m1/s1. The lowest BCUT2D eigenvalue weighted by Crippen LogP contribution is -2.38. The first-order chi connectivity index (χ1) is 8.70. The van der Waals surface area contributed by atoms with E-state index in [1.54, 1.807) is 45.0 Å². The number of carboxylic acid groups (broad SMARTS) is 1. The van der Waals surface area contributed by atoms with Crippen LogP contribution in [0, 0.1) is 0 Å². The number of aliphatic carboxylic acids is 1. The van der Waals surface area contributed by atoms with E-state index in [0.29, 0.717) is 5.56 Å². The summed E-state index contributed by atoms with van der Waals surface area (Å²) in [6, 6.07) is 5.18. The highest BCUT2D eigenvalue weighted by Gasteiger charge is 2.26. The highest BCUT2D eigenvalue weighted by molar-refractivity contribution is 6.31. The van der Waals surface area contributed by atoms with E-state index in [-0.39, 0.29) is 5.02 Å². The Bertz CT molecular complexity index is 482. The van der Waals surface area contributed by atoms with Gasteiger partial charge in [0.25, 0.3) is 0 Å². The summed E-state index contributed by atoms with van der Waals surface area (Å²) in [5, 5.41) is 11.7. The molecule has 0 aliphatic rings. The molecule has 1 amide bonds. The van der Waals surface area contributed by atoms with Crippen molar-refractivity contribution in [1.82, 2.24) is 5.32 Å². The molecule has 0 heterocycles. The van der Waals surface area contributed by atoms with Crippen molar-refractivity contribution in [2.45, 2.75) is 32.4 Å². The van der Waals surface area contributed by atoms with Crippen molar-refractivity contribution in [1.29, 1.82) is 0 Å². The molecule has 1 aromatic carbocycles. The van der Waals surface area contributed by atoms with Crippen molar-refractivity contribution in [3.63, 3.8) is 0 Å². The number of halogens is 1. The molecule has 0 fully saturated rings. The van der Waals surface area contributed by atoms with Gasteiger partial charge < -0.3 is 15.2 Å². The Morgan fingerprint density at radius 1 is 1.32 bits per heavy atom. The summed E-state index contributed by atoms with van der Waals surface area (Å²) in [4.78, 5) is 22.8. The zero-order valence-corrected chi connectivity index (χ0v) is 11.7. The number of benzene rings is 1. The van der Waals surface area contributed by atoms with Crippen molar-refractivity contribution in [3.8, 4) is 0 Å². The summed E-state index contributed by atoms with van der Waals surface area (Å²) in [5.41, 5.74) is -0.393. The summed E-state index contributed by atoms with van der Waals surface area (Å²) in [5.74, 6) is -1.21. The van der Waals surface area contributed by atoms with Crippen LogP contribution < -0.4 is 5.32 Å². The molecule has 0 radical (unpaired) electrons. The van der Waals surface area contributed by atoms with Crippen LogP contribution in [0.25, 0.3) is 0 Å². The predicted octanol–water partition coefficient (Wildman–Crippen LogP) is 2.99. The minimum Gasteiger partial charge on any atom is -0.479 e. The number of rotatable bonds is 3. The quantitative estimate of drug-likeness (QED) is 0.895. The van der Waals surface area contributed by atoms with Gasteiger partial charge in [0.15, 0.2) is 6.04 Å². The fraction of sp³-hybridized carbons (Fsp3) is 0.385. The predicted molar refractivity (Wildman–Crippen MR) is 71.2 cm³/mol. The Hall–Kier alpha value is -1.75. The highest BCUT2D eigenvalue weighted by Crippen LogP contribution is 2.23. The van der Waals surface area contributed by atoms with E-state index >= 15 is 0 Å². The lowest BCUT2D eigenvalue weighted by atomic mass is 10.1. The number of carbonyl (C=O) groups is 2. The number of ether oxygens (including phenoxy) is 1. The van der Waals surface area contributed by atoms with Crippen molar-refractivity contribution >= 4 is 23.7 Å². The van der Waals surface area contributed by atoms with E-state index in [1.807, 2.05) is 0 Å². The molecule has 5 nitrogen and oxygen atoms in total. The molecule has 0 aromatic heterocycles. The molecule has 104 valence electrons. The summed E-state index contributed by atoms with van der Waals surface area (Å²) >= 11 is 5.92. The molecule has 1 aromatic rings. The first kappa shape index (κ1) is 15.3. The monoisotopic (exact) mass is 285 g/mol. The van der Waals surface area contributed by atoms with Gasteiger partial charge in [0.1, 0.15) is 5.60 Å². The number of hydrogen-bond donors (Lipinski definition) is 2. The molecular weight excluding hydrogens is 270 g/mol. The van der Waals surface area contributed by atoms with Gasteiger partial charge >= 0.3 is 12.1 Å². The third-order valence-electron chi connectivity index (χ3n) is 2.12. The lowest BCUT2D eigenvalue weighted by Gasteiger charge is -2.22. The summed E-state index contributed by atoms with van der Waals surface area (Å²) in [7, 11) is 0. The average Bonchev–Trinajstić information content (AvgIpc) is 2.24. The molecule has 1 atom stereocenters. The van der Waals surface area contributed by atoms with Gasteiger partial charge in [-0.1, -0.05) is 29.8 Å². The highest BCUT2D eigenvalue weighted by atomic mass is 35.5. The Morgan fingerprint density at radius 3 is 2.37 bits per heavy atom. The van der Waals surface area contributed by atoms with Gasteiger partial charge in [-0.25, -0.2) is 9.59 Å². The van der Waals surface area contributed by atoms with Crippen molar-refractivity contribution in [3.05, 3.63) is 34.9 Å². The Morgan fingerprint density at radius 2 is 1.89 bits per heavy atom. The molecule has 0 aliphatic heterocycles. The van der Waals surface area contributed by atoms with Gasteiger partial charge in [-0.3, -0.25) is 0 Å². The molecule has 0 spiro atoms. The smallest absolute Gasteiger partial charge is 0.408 e. The fourth-order valence-electron chi connectivity index (χ4n) is 1.41. The SMILES string of the molecule is CC(C)(C)OC(=O)N[C@@H](C(=O)O)c1ccccc1Cl. The third-order valence-corrected chi connectivity index (χ3v) is 2.47.